The van der Waals surface area contributed by atoms with Gasteiger partial charge in [-0.1, -0.05) is 12.8 Å². The van der Waals surface area contributed by atoms with Crippen LogP contribution in [0.2, 0.25) is 0 Å². The van der Waals surface area contributed by atoms with Gasteiger partial charge in [-0.2, -0.15) is 0 Å². The minimum absolute atomic E-state index is 0.128. The van der Waals surface area contributed by atoms with E-state index in [9.17, 15) is 4.79 Å². The Morgan fingerprint density at radius 3 is 2.38 bits per heavy atom. The van der Waals surface area contributed by atoms with Crippen LogP contribution >= 0.6 is 0 Å². The van der Waals surface area contributed by atoms with Crippen LogP contribution in [0.5, 0.6) is 0 Å². The number of piperidine rings is 1. The Hall–Kier alpha value is -0.810. The Balaban J connectivity index is 1.37. The minimum atomic E-state index is 0.128. The van der Waals surface area contributed by atoms with Crippen molar-refractivity contribution in [2.24, 2.45) is 5.92 Å². The van der Waals surface area contributed by atoms with Crippen LogP contribution in [0.3, 0.4) is 0 Å². The number of carbonyl (C=O) groups excluding carboxylic acids is 1. The van der Waals surface area contributed by atoms with Crippen LogP contribution in [0.15, 0.2) is 0 Å². The average Bonchev–Trinajstić information content (AvgIpc) is 3.01. The third-order valence-corrected chi connectivity index (χ3v) is 5.92. The van der Waals surface area contributed by atoms with E-state index in [2.05, 4.69) is 17.1 Å². The predicted octanol–water partition coefficient (Wildman–Crippen LogP) is 2.85. The number of hydrogen-bond donors (Lipinski definition) is 1. The van der Waals surface area contributed by atoms with Gasteiger partial charge < -0.3 is 19.9 Å². The molecule has 3 aliphatic heterocycles. The van der Waals surface area contributed by atoms with Gasteiger partial charge in [0.2, 0.25) is 0 Å². The maximum atomic E-state index is 12.5. The minimum Gasteiger partial charge on any atom is -0.378 e. The number of urea groups is 1. The number of rotatable bonds is 4. The fourth-order valence-electron chi connectivity index (χ4n) is 4.50. The first-order valence-corrected chi connectivity index (χ1v) is 10.1. The maximum absolute atomic E-state index is 12.5. The molecule has 3 rings (SSSR count). The number of ether oxygens (including phenoxy) is 1. The molecule has 0 spiro atoms. The lowest BCUT2D eigenvalue weighted by molar-refractivity contribution is 0.0370. The van der Waals surface area contributed by atoms with Crippen molar-refractivity contribution in [2.75, 3.05) is 39.3 Å². The van der Waals surface area contributed by atoms with Crippen LogP contribution in [0.4, 0.5) is 4.79 Å². The second-order valence-electron chi connectivity index (χ2n) is 7.94. The molecule has 2 amide bonds. The standard InChI is InChI=1S/C19H35N3O2/c1-16(15-21-10-4-2-3-5-11-21)20-19(23)22-12-8-17(9-13-22)18-7-6-14-24-18/h16-18H,2-15H2,1H3,(H,20,23)/t16-,18-/m1/s1. The molecule has 0 aliphatic carbocycles. The van der Waals surface area contributed by atoms with Crippen molar-refractivity contribution < 1.29 is 9.53 Å². The molecule has 0 aromatic heterocycles. The highest BCUT2D eigenvalue weighted by Crippen LogP contribution is 2.28. The van der Waals surface area contributed by atoms with E-state index in [1.807, 2.05) is 4.90 Å². The normalized spacial score (nSPS) is 28.5. The summed E-state index contributed by atoms with van der Waals surface area (Å²) in [6.07, 6.45) is 10.4. The summed E-state index contributed by atoms with van der Waals surface area (Å²) in [5, 5.41) is 3.22. The zero-order valence-corrected chi connectivity index (χ0v) is 15.3. The number of nitrogens with zero attached hydrogens (tertiary/aromatic N) is 2. The summed E-state index contributed by atoms with van der Waals surface area (Å²) in [5.41, 5.74) is 0. The highest BCUT2D eigenvalue weighted by molar-refractivity contribution is 5.74. The number of carbonyl (C=O) groups is 1. The third-order valence-electron chi connectivity index (χ3n) is 5.92. The van der Waals surface area contributed by atoms with Gasteiger partial charge in [-0.3, -0.25) is 0 Å². The van der Waals surface area contributed by atoms with Gasteiger partial charge in [0.1, 0.15) is 0 Å². The first-order chi connectivity index (χ1) is 11.7. The first-order valence-electron chi connectivity index (χ1n) is 10.1. The Bertz CT molecular complexity index is 382. The van der Waals surface area contributed by atoms with Crippen LogP contribution < -0.4 is 5.32 Å². The average molecular weight is 338 g/mol. The molecule has 5 heteroatoms. The topological polar surface area (TPSA) is 44.8 Å². The molecule has 3 saturated heterocycles. The van der Waals surface area contributed by atoms with Crippen LogP contribution in [0.25, 0.3) is 0 Å². The summed E-state index contributed by atoms with van der Waals surface area (Å²) in [6.45, 7) is 8.19. The third kappa shape index (κ3) is 5.09. The van der Waals surface area contributed by atoms with Gasteiger partial charge in [0.15, 0.2) is 0 Å². The predicted molar refractivity (Wildman–Crippen MR) is 96.2 cm³/mol. The highest BCUT2D eigenvalue weighted by atomic mass is 16.5. The lowest BCUT2D eigenvalue weighted by atomic mass is 9.90. The molecule has 0 aromatic carbocycles. The molecule has 2 atom stereocenters. The van der Waals surface area contributed by atoms with Crippen LogP contribution in [0.1, 0.15) is 58.3 Å². The summed E-state index contributed by atoms with van der Waals surface area (Å²) in [7, 11) is 0. The van der Waals surface area contributed by atoms with Gasteiger partial charge >= 0.3 is 6.03 Å². The van der Waals surface area contributed by atoms with Gasteiger partial charge in [0.05, 0.1) is 6.10 Å². The summed E-state index contributed by atoms with van der Waals surface area (Å²) in [4.78, 5) is 17.0. The van der Waals surface area contributed by atoms with Crippen molar-refractivity contribution >= 4 is 6.03 Å². The molecule has 0 bridgehead atoms. The molecule has 24 heavy (non-hydrogen) atoms. The number of likely N-dealkylation sites (tertiary alicyclic amines) is 2. The molecule has 138 valence electrons. The Kier molecular flexibility index (Phi) is 6.78. The first kappa shape index (κ1) is 18.0. The van der Waals surface area contributed by atoms with Gasteiger partial charge in [-0.15, -0.1) is 0 Å². The van der Waals surface area contributed by atoms with Crippen LogP contribution in [0, 0.1) is 5.92 Å². The lowest BCUT2D eigenvalue weighted by Crippen LogP contribution is -2.50. The molecule has 3 heterocycles. The smallest absolute Gasteiger partial charge is 0.317 e. The van der Waals surface area contributed by atoms with E-state index in [4.69, 9.17) is 4.74 Å². The SMILES string of the molecule is C[C@H](CN1CCCCCC1)NC(=O)N1CCC([C@H]2CCCO2)CC1. The molecule has 0 aromatic rings. The summed E-state index contributed by atoms with van der Waals surface area (Å²) < 4.78 is 5.82. The van der Waals surface area contributed by atoms with Gasteiger partial charge in [-0.05, 0) is 64.5 Å². The van der Waals surface area contributed by atoms with Crippen LogP contribution in [-0.4, -0.2) is 67.3 Å². The molecular formula is C19H35N3O2. The number of nitrogens with one attached hydrogen (secondary N) is 1. The van der Waals surface area contributed by atoms with Gasteiger partial charge in [0, 0.05) is 32.3 Å². The van der Waals surface area contributed by atoms with Crippen molar-refractivity contribution in [1.29, 1.82) is 0 Å². The van der Waals surface area contributed by atoms with E-state index in [1.54, 1.807) is 0 Å². The van der Waals surface area contributed by atoms with E-state index in [0.717, 1.165) is 39.1 Å². The maximum Gasteiger partial charge on any atom is 0.317 e. The van der Waals surface area contributed by atoms with E-state index in [-0.39, 0.29) is 12.1 Å². The van der Waals surface area contributed by atoms with Crippen molar-refractivity contribution in [3.05, 3.63) is 0 Å². The second-order valence-corrected chi connectivity index (χ2v) is 7.94. The van der Waals surface area contributed by atoms with E-state index >= 15 is 0 Å². The number of amides is 2. The zero-order valence-electron chi connectivity index (χ0n) is 15.3. The number of hydrogen-bond acceptors (Lipinski definition) is 3. The molecule has 0 unspecified atom stereocenters. The zero-order chi connectivity index (χ0) is 16.8. The van der Waals surface area contributed by atoms with Crippen molar-refractivity contribution in [3.8, 4) is 0 Å². The van der Waals surface area contributed by atoms with Gasteiger partial charge in [0.25, 0.3) is 0 Å². The Labute approximate surface area is 147 Å². The van der Waals surface area contributed by atoms with Crippen molar-refractivity contribution in [3.63, 3.8) is 0 Å². The molecular weight excluding hydrogens is 302 g/mol. The van der Waals surface area contributed by atoms with Crippen molar-refractivity contribution in [2.45, 2.75) is 70.4 Å². The second kappa shape index (κ2) is 9.04. The fraction of sp³-hybridized carbons (Fsp3) is 0.947. The summed E-state index contributed by atoms with van der Waals surface area (Å²) in [6, 6.07) is 0.356. The monoisotopic (exact) mass is 337 g/mol. The van der Waals surface area contributed by atoms with Crippen LogP contribution in [-0.2, 0) is 4.74 Å². The fourth-order valence-corrected chi connectivity index (χ4v) is 4.50. The Morgan fingerprint density at radius 2 is 1.75 bits per heavy atom. The lowest BCUT2D eigenvalue weighted by Gasteiger charge is -2.35. The summed E-state index contributed by atoms with van der Waals surface area (Å²) >= 11 is 0. The summed E-state index contributed by atoms with van der Waals surface area (Å²) in [5.74, 6) is 0.658. The largest absolute Gasteiger partial charge is 0.378 e. The van der Waals surface area contributed by atoms with Gasteiger partial charge in [-0.25, -0.2) is 4.79 Å². The molecule has 3 aliphatic rings. The van der Waals surface area contributed by atoms with E-state index in [0.29, 0.717) is 12.0 Å². The molecule has 3 fully saturated rings. The molecule has 5 nitrogen and oxygen atoms in total. The van der Waals surface area contributed by atoms with Crippen molar-refractivity contribution in [1.82, 2.24) is 15.1 Å². The molecule has 0 radical (unpaired) electrons. The molecule has 1 N–H and O–H groups in total. The molecule has 0 saturated carbocycles. The Morgan fingerprint density at radius 1 is 1.04 bits per heavy atom. The van der Waals surface area contributed by atoms with E-state index < -0.39 is 0 Å². The highest BCUT2D eigenvalue weighted by Gasteiger charge is 2.31. The van der Waals surface area contributed by atoms with E-state index in [1.165, 1.54) is 51.6 Å². The quantitative estimate of drug-likeness (QED) is 0.858.